The van der Waals surface area contributed by atoms with Crippen LogP contribution in [-0.2, 0) is 55.7 Å². The third-order valence-electron chi connectivity index (χ3n) is 6.89. The molecule has 0 radical (unpaired) electrons. The molecule has 2 heterocycles. The summed E-state index contributed by atoms with van der Waals surface area (Å²) in [6.45, 7) is 5.87. The number of carbonyl (C=O) groups excluding carboxylic acids is 5. The summed E-state index contributed by atoms with van der Waals surface area (Å²) in [5.41, 5.74) is 0.928. The van der Waals surface area contributed by atoms with Crippen LogP contribution in [0.5, 0.6) is 23.0 Å². The van der Waals surface area contributed by atoms with E-state index in [2.05, 4.69) is 0 Å². The Morgan fingerprint density at radius 1 is 0.822 bits per heavy atom. The van der Waals surface area contributed by atoms with Crippen molar-refractivity contribution in [1.29, 1.82) is 0 Å². The molecule has 2 aliphatic rings. The van der Waals surface area contributed by atoms with Gasteiger partial charge in [0.2, 0.25) is 19.2 Å². The third-order valence-corrected chi connectivity index (χ3v) is 6.89. The van der Waals surface area contributed by atoms with Gasteiger partial charge in [0.05, 0.1) is 5.56 Å². The summed E-state index contributed by atoms with van der Waals surface area (Å²) in [5, 5.41) is 11.2. The lowest BCUT2D eigenvalue weighted by Gasteiger charge is -2.44. The van der Waals surface area contributed by atoms with E-state index in [4.69, 9.17) is 37.9 Å². The summed E-state index contributed by atoms with van der Waals surface area (Å²) in [5.74, 6) is -2.56. The van der Waals surface area contributed by atoms with Crippen LogP contribution in [-0.4, -0.2) is 78.9 Å². The molecule has 0 unspecified atom stereocenters. The molecule has 5 atom stereocenters. The Hall–Kier alpha value is -4.85. The van der Waals surface area contributed by atoms with Crippen molar-refractivity contribution < 1.29 is 67.0 Å². The fourth-order valence-corrected chi connectivity index (χ4v) is 5.04. The van der Waals surface area contributed by atoms with Gasteiger partial charge in [-0.05, 0) is 36.2 Å². The van der Waals surface area contributed by atoms with Crippen LogP contribution in [0.2, 0.25) is 0 Å². The maximum atomic E-state index is 13.2. The van der Waals surface area contributed by atoms with Gasteiger partial charge >= 0.3 is 23.9 Å². The van der Waals surface area contributed by atoms with E-state index >= 15 is 0 Å². The summed E-state index contributed by atoms with van der Waals surface area (Å²) >= 11 is 0. The number of fused-ring (bicyclic) bond motifs is 1. The topological polar surface area (TPSA) is 179 Å². The molecule has 14 heteroatoms. The van der Waals surface area contributed by atoms with Gasteiger partial charge in [-0.2, -0.15) is 0 Å². The van der Waals surface area contributed by atoms with Crippen molar-refractivity contribution in [2.24, 2.45) is 0 Å². The molecule has 0 amide bonds. The van der Waals surface area contributed by atoms with E-state index in [9.17, 15) is 29.1 Å². The lowest BCUT2D eigenvalue weighted by molar-refractivity contribution is -0.288. The van der Waals surface area contributed by atoms with E-state index in [0.29, 0.717) is 17.1 Å². The number of esters is 4. The number of rotatable bonds is 11. The highest BCUT2D eigenvalue weighted by atomic mass is 16.7. The molecule has 0 aliphatic carbocycles. The Kier molecular flexibility index (Phi) is 10.5. The average Bonchev–Trinajstić information content (AvgIpc) is 3.42. The van der Waals surface area contributed by atoms with Gasteiger partial charge in [-0.3, -0.25) is 24.0 Å². The molecule has 0 bridgehead atoms. The second-order valence-electron chi connectivity index (χ2n) is 10.3. The molecule has 1 fully saturated rings. The van der Waals surface area contributed by atoms with E-state index in [1.165, 1.54) is 12.1 Å². The highest BCUT2D eigenvalue weighted by molar-refractivity contribution is 6.00. The van der Waals surface area contributed by atoms with Gasteiger partial charge in [-0.15, -0.1) is 0 Å². The number of carbonyl (C=O) groups is 5. The molecular formula is C31H34O14. The van der Waals surface area contributed by atoms with Crippen LogP contribution in [0.15, 0.2) is 30.3 Å². The molecule has 0 aromatic heterocycles. The second kappa shape index (κ2) is 14.3. The fourth-order valence-electron chi connectivity index (χ4n) is 5.04. The Balaban J connectivity index is 1.65. The molecule has 4 rings (SSSR count). The van der Waals surface area contributed by atoms with E-state index in [1.54, 1.807) is 25.1 Å². The van der Waals surface area contributed by atoms with Gasteiger partial charge in [0.15, 0.2) is 29.5 Å². The van der Waals surface area contributed by atoms with Crippen molar-refractivity contribution in [3.63, 3.8) is 0 Å². The van der Waals surface area contributed by atoms with Crippen LogP contribution in [0.3, 0.4) is 0 Å². The number of aromatic hydroxyl groups is 1. The lowest BCUT2D eigenvalue weighted by atomic mass is 9.97. The van der Waals surface area contributed by atoms with Crippen LogP contribution in [0.25, 0.3) is 0 Å². The molecule has 0 spiro atoms. The van der Waals surface area contributed by atoms with Crippen LogP contribution < -0.4 is 14.2 Å². The summed E-state index contributed by atoms with van der Waals surface area (Å²) in [6.07, 6.45) is -6.82. The zero-order valence-corrected chi connectivity index (χ0v) is 25.4. The van der Waals surface area contributed by atoms with Gasteiger partial charge in [-0.25, -0.2) is 0 Å². The summed E-state index contributed by atoms with van der Waals surface area (Å²) in [7, 11) is 0. The predicted molar refractivity (Wildman–Crippen MR) is 151 cm³/mol. The SMILES string of the molecule is CCc1c(O[C@H]2O[C@@H](COC(C)=O)[C@@H](OC(C)=O)[C@@H](OC(C)=O)[C@H]2OC(C)=O)ccc(C(=O)Cc2ccc3c(c2)OCO3)c1O. The molecule has 2 aromatic rings. The van der Waals surface area contributed by atoms with Crippen LogP contribution in [0.4, 0.5) is 0 Å². The van der Waals surface area contributed by atoms with E-state index < -0.39 is 61.2 Å². The maximum Gasteiger partial charge on any atom is 0.303 e. The highest BCUT2D eigenvalue weighted by Crippen LogP contribution is 2.37. The van der Waals surface area contributed by atoms with Crippen molar-refractivity contribution in [3.05, 3.63) is 47.0 Å². The normalized spacial score (nSPS) is 21.8. The molecule has 242 valence electrons. The number of hydrogen-bond acceptors (Lipinski definition) is 14. The number of ketones is 1. The number of Topliss-reactive ketones (excluding diaryl/α,β-unsaturated/α-hetero) is 1. The average molecular weight is 631 g/mol. The number of ether oxygens (including phenoxy) is 8. The first-order valence-corrected chi connectivity index (χ1v) is 14.1. The third kappa shape index (κ3) is 8.01. The van der Waals surface area contributed by atoms with E-state index in [0.717, 1.165) is 27.7 Å². The van der Waals surface area contributed by atoms with Crippen molar-refractivity contribution in [1.82, 2.24) is 0 Å². The smallest absolute Gasteiger partial charge is 0.303 e. The van der Waals surface area contributed by atoms with Gasteiger partial charge < -0.3 is 43.0 Å². The first-order chi connectivity index (χ1) is 21.4. The highest BCUT2D eigenvalue weighted by Gasteiger charge is 2.53. The van der Waals surface area contributed by atoms with Gasteiger partial charge in [-0.1, -0.05) is 13.0 Å². The molecule has 0 saturated carbocycles. The Morgan fingerprint density at radius 3 is 2.11 bits per heavy atom. The molecule has 2 aromatic carbocycles. The summed E-state index contributed by atoms with van der Waals surface area (Å²) in [6, 6.07) is 7.95. The lowest BCUT2D eigenvalue weighted by Crippen LogP contribution is -2.63. The Morgan fingerprint density at radius 2 is 1.47 bits per heavy atom. The summed E-state index contributed by atoms with van der Waals surface area (Å²) in [4.78, 5) is 61.0. The van der Waals surface area contributed by atoms with Crippen LogP contribution in [0, 0.1) is 0 Å². The van der Waals surface area contributed by atoms with Crippen molar-refractivity contribution in [3.8, 4) is 23.0 Å². The van der Waals surface area contributed by atoms with Crippen LogP contribution in [0.1, 0.15) is 56.1 Å². The number of phenolic OH excluding ortho intramolecular Hbond substituents is 1. The minimum Gasteiger partial charge on any atom is -0.507 e. The summed E-state index contributed by atoms with van der Waals surface area (Å²) < 4.78 is 44.1. The zero-order valence-electron chi connectivity index (χ0n) is 25.4. The van der Waals surface area contributed by atoms with Crippen molar-refractivity contribution in [2.45, 2.75) is 78.2 Å². The number of benzene rings is 2. The molecule has 14 nitrogen and oxygen atoms in total. The Bertz CT molecular complexity index is 1470. The minimum atomic E-state index is -1.51. The standard InChI is InChI=1S/C31H34O14/c1-6-20-23(10-8-21(27(20)37)22(36)11-19-7-9-24-25(12-19)40-14-39-24)44-31-30(43-18(5)35)29(42-17(4)34)28(41-16(3)33)26(45-31)13-38-15(2)32/h7-10,12,26,28-31,37H,6,11,13-14H2,1-5H3/t26-,28+,29+,30+,31-/m0/s1. The van der Waals surface area contributed by atoms with Gasteiger partial charge in [0, 0.05) is 39.7 Å². The predicted octanol–water partition coefficient (Wildman–Crippen LogP) is 2.57. The van der Waals surface area contributed by atoms with E-state index in [-0.39, 0.29) is 48.0 Å². The van der Waals surface area contributed by atoms with Gasteiger partial charge in [0.1, 0.15) is 24.2 Å². The second-order valence-corrected chi connectivity index (χ2v) is 10.3. The minimum absolute atomic E-state index is 0.0345. The Labute approximate surface area is 258 Å². The molecule has 45 heavy (non-hydrogen) atoms. The molecule has 2 aliphatic heterocycles. The fraction of sp³-hybridized carbons (Fsp3) is 0.452. The number of hydrogen-bond donors (Lipinski definition) is 1. The molecule has 1 saturated heterocycles. The first-order valence-electron chi connectivity index (χ1n) is 14.1. The molecular weight excluding hydrogens is 596 g/mol. The first kappa shape index (κ1) is 33.1. The number of phenols is 1. The zero-order chi connectivity index (χ0) is 32.8. The van der Waals surface area contributed by atoms with Crippen molar-refractivity contribution in [2.75, 3.05) is 13.4 Å². The largest absolute Gasteiger partial charge is 0.507 e. The monoisotopic (exact) mass is 630 g/mol. The van der Waals surface area contributed by atoms with E-state index in [1.807, 2.05) is 0 Å². The van der Waals surface area contributed by atoms with Gasteiger partial charge in [0.25, 0.3) is 0 Å². The molecule has 1 N–H and O–H groups in total. The quantitative estimate of drug-likeness (QED) is 0.217. The maximum absolute atomic E-state index is 13.2. The van der Waals surface area contributed by atoms with Crippen LogP contribution >= 0.6 is 0 Å². The van der Waals surface area contributed by atoms with Crippen molar-refractivity contribution >= 4 is 29.7 Å².